The van der Waals surface area contributed by atoms with Gasteiger partial charge in [-0.3, -0.25) is 9.80 Å². The summed E-state index contributed by atoms with van der Waals surface area (Å²) in [6, 6.07) is 18.0. The first-order chi connectivity index (χ1) is 12.3. The van der Waals surface area contributed by atoms with Crippen LogP contribution in [0.25, 0.3) is 0 Å². The molecule has 2 fully saturated rings. The molecule has 0 N–H and O–H groups in total. The molecule has 1 aliphatic carbocycles. The molecular formula is C22H27FN2. The summed E-state index contributed by atoms with van der Waals surface area (Å²) in [4.78, 5) is 5.23. The van der Waals surface area contributed by atoms with Crippen molar-refractivity contribution in [3.63, 3.8) is 0 Å². The molecule has 1 saturated heterocycles. The second-order valence-electron chi connectivity index (χ2n) is 7.56. The molecule has 2 aromatic carbocycles. The summed E-state index contributed by atoms with van der Waals surface area (Å²) in [7, 11) is 0. The monoisotopic (exact) mass is 338 g/mol. The smallest absolute Gasteiger partial charge is 0.126 e. The predicted molar refractivity (Wildman–Crippen MR) is 100.0 cm³/mol. The molecule has 0 bridgehead atoms. The van der Waals surface area contributed by atoms with Gasteiger partial charge in [0.05, 0.1) is 0 Å². The van der Waals surface area contributed by atoms with Crippen molar-refractivity contribution in [1.82, 2.24) is 9.80 Å². The normalized spacial score (nSPS) is 20.5. The predicted octanol–water partition coefficient (Wildman–Crippen LogP) is 4.11. The molecule has 0 spiro atoms. The fourth-order valence-electron chi connectivity index (χ4n) is 4.16. The lowest BCUT2D eigenvalue weighted by atomic mass is 10.0. The van der Waals surface area contributed by atoms with E-state index in [1.807, 2.05) is 12.1 Å². The molecule has 0 unspecified atom stereocenters. The van der Waals surface area contributed by atoms with Gasteiger partial charge in [-0.2, -0.15) is 0 Å². The highest BCUT2D eigenvalue weighted by Gasteiger charge is 2.47. The third kappa shape index (κ3) is 3.94. The molecule has 0 radical (unpaired) electrons. The Morgan fingerprint density at radius 3 is 2.20 bits per heavy atom. The van der Waals surface area contributed by atoms with E-state index in [2.05, 4.69) is 40.1 Å². The number of hydrogen-bond donors (Lipinski definition) is 0. The van der Waals surface area contributed by atoms with E-state index in [1.165, 1.54) is 18.4 Å². The number of hydrogen-bond acceptors (Lipinski definition) is 2. The van der Waals surface area contributed by atoms with Crippen molar-refractivity contribution < 1.29 is 4.39 Å². The molecule has 2 aliphatic rings. The van der Waals surface area contributed by atoms with Crippen LogP contribution < -0.4 is 0 Å². The second-order valence-corrected chi connectivity index (χ2v) is 7.56. The lowest BCUT2D eigenvalue weighted by Gasteiger charge is -2.40. The fraction of sp³-hybridized carbons (Fsp3) is 0.455. The largest absolute Gasteiger partial charge is 0.297 e. The van der Waals surface area contributed by atoms with E-state index in [9.17, 15) is 4.39 Å². The van der Waals surface area contributed by atoms with Gasteiger partial charge in [0, 0.05) is 38.3 Å². The number of nitrogens with zero attached hydrogens (tertiary/aromatic N) is 2. The van der Waals surface area contributed by atoms with Gasteiger partial charge in [0.1, 0.15) is 5.82 Å². The van der Waals surface area contributed by atoms with E-state index >= 15 is 0 Å². The molecule has 2 aromatic rings. The molecule has 0 aromatic heterocycles. The molecule has 0 amide bonds. The molecule has 3 heteroatoms. The van der Waals surface area contributed by atoms with Gasteiger partial charge in [-0.05, 0) is 42.9 Å². The SMILES string of the molecule is Fc1ccccc1CCC1(N2CCN(Cc3ccccc3)CC2)CC1. The van der Waals surface area contributed by atoms with E-state index in [0.717, 1.165) is 51.1 Å². The van der Waals surface area contributed by atoms with Crippen LogP contribution in [-0.2, 0) is 13.0 Å². The van der Waals surface area contributed by atoms with Crippen molar-refractivity contribution in [3.8, 4) is 0 Å². The first-order valence-electron chi connectivity index (χ1n) is 9.50. The Hall–Kier alpha value is -1.71. The van der Waals surface area contributed by atoms with Crippen LogP contribution in [0.2, 0.25) is 0 Å². The Bertz CT molecular complexity index is 688. The topological polar surface area (TPSA) is 6.48 Å². The first kappa shape index (κ1) is 16.7. The Kier molecular flexibility index (Phi) is 4.87. The van der Waals surface area contributed by atoms with Crippen molar-refractivity contribution in [2.45, 2.75) is 37.8 Å². The highest BCUT2D eigenvalue weighted by Crippen LogP contribution is 2.46. The highest BCUT2D eigenvalue weighted by molar-refractivity contribution is 5.19. The van der Waals surface area contributed by atoms with Gasteiger partial charge in [-0.15, -0.1) is 0 Å². The standard InChI is InChI=1S/C22H27FN2/c23-21-9-5-4-8-20(21)10-11-22(12-13-22)25-16-14-24(15-17-25)18-19-6-2-1-3-7-19/h1-9H,10-18H2. The van der Waals surface area contributed by atoms with Crippen LogP contribution >= 0.6 is 0 Å². The maximum atomic E-state index is 13.9. The molecule has 25 heavy (non-hydrogen) atoms. The van der Waals surface area contributed by atoms with E-state index in [0.29, 0.717) is 5.54 Å². The minimum absolute atomic E-state index is 0.0500. The third-order valence-corrected chi connectivity index (χ3v) is 5.94. The summed E-state index contributed by atoms with van der Waals surface area (Å²) in [6.07, 6.45) is 4.50. The maximum absolute atomic E-state index is 13.9. The molecule has 1 saturated carbocycles. The lowest BCUT2D eigenvalue weighted by Crippen LogP contribution is -2.51. The summed E-state index contributed by atoms with van der Waals surface area (Å²) in [6.45, 7) is 5.61. The van der Waals surface area contributed by atoms with Crippen molar-refractivity contribution in [2.24, 2.45) is 0 Å². The quantitative estimate of drug-likeness (QED) is 0.782. The minimum atomic E-state index is -0.0500. The summed E-state index contributed by atoms with van der Waals surface area (Å²) in [5.41, 5.74) is 2.62. The van der Waals surface area contributed by atoms with Crippen LogP contribution in [0.15, 0.2) is 54.6 Å². The molecular weight excluding hydrogens is 311 g/mol. The number of piperazine rings is 1. The average Bonchev–Trinajstić information content (AvgIpc) is 3.44. The van der Waals surface area contributed by atoms with Crippen molar-refractivity contribution in [1.29, 1.82) is 0 Å². The summed E-state index contributed by atoms with van der Waals surface area (Å²) in [5, 5.41) is 0. The van der Waals surface area contributed by atoms with E-state index in [-0.39, 0.29) is 5.82 Å². The van der Waals surface area contributed by atoms with Crippen molar-refractivity contribution in [3.05, 3.63) is 71.5 Å². The summed E-state index contributed by atoms with van der Waals surface area (Å²) in [5.74, 6) is -0.0500. The van der Waals surface area contributed by atoms with Crippen LogP contribution in [-0.4, -0.2) is 41.5 Å². The van der Waals surface area contributed by atoms with Crippen LogP contribution in [0.4, 0.5) is 4.39 Å². The maximum Gasteiger partial charge on any atom is 0.126 e. The molecule has 1 aliphatic heterocycles. The number of halogens is 1. The van der Waals surface area contributed by atoms with Crippen molar-refractivity contribution in [2.75, 3.05) is 26.2 Å². The van der Waals surface area contributed by atoms with E-state index in [1.54, 1.807) is 12.1 Å². The highest BCUT2D eigenvalue weighted by atomic mass is 19.1. The second kappa shape index (κ2) is 7.27. The van der Waals surface area contributed by atoms with Crippen LogP contribution in [0.5, 0.6) is 0 Å². The van der Waals surface area contributed by atoms with Gasteiger partial charge < -0.3 is 0 Å². The van der Waals surface area contributed by atoms with Gasteiger partial charge >= 0.3 is 0 Å². The zero-order valence-electron chi connectivity index (χ0n) is 14.8. The number of aryl methyl sites for hydroxylation is 1. The molecule has 132 valence electrons. The van der Waals surface area contributed by atoms with E-state index in [4.69, 9.17) is 0 Å². The molecule has 0 atom stereocenters. The van der Waals surface area contributed by atoms with Crippen LogP contribution in [0.1, 0.15) is 30.4 Å². The zero-order chi connectivity index (χ0) is 17.1. The number of benzene rings is 2. The third-order valence-electron chi connectivity index (χ3n) is 5.94. The lowest BCUT2D eigenvalue weighted by molar-refractivity contribution is 0.0767. The summed E-state index contributed by atoms with van der Waals surface area (Å²) < 4.78 is 13.9. The average molecular weight is 338 g/mol. The minimum Gasteiger partial charge on any atom is -0.297 e. The summed E-state index contributed by atoms with van der Waals surface area (Å²) >= 11 is 0. The zero-order valence-corrected chi connectivity index (χ0v) is 14.8. The van der Waals surface area contributed by atoms with E-state index < -0.39 is 0 Å². The Balaban J connectivity index is 1.29. The molecule has 4 rings (SSSR count). The van der Waals surface area contributed by atoms with Gasteiger partial charge in [0.15, 0.2) is 0 Å². The first-order valence-corrected chi connectivity index (χ1v) is 9.50. The van der Waals surface area contributed by atoms with Crippen LogP contribution in [0.3, 0.4) is 0 Å². The van der Waals surface area contributed by atoms with Gasteiger partial charge in [-0.1, -0.05) is 48.5 Å². The Labute approximate surface area is 150 Å². The Morgan fingerprint density at radius 1 is 0.840 bits per heavy atom. The number of rotatable bonds is 6. The van der Waals surface area contributed by atoms with Crippen LogP contribution in [0, 0.1) is 5.82 Å². The Morgan fingerprint density at radius 2 is 1.52 bits per heavy atom. The van der Waals surface area contributed by atoms with Crippen molar-refractivity contribution >= 4 is 0 Å². The fourth-order valence-corrected chi connectivity index (χ4v) is 4.16. The van der Waals surface area contributed by atoms with Gasteiger partial charge in [-0.25, -0.2) is 4.39 Å². The van der Waals surface area contributed by atoms with Gasteiger partial charge in [0.2, 0.25) is 0 Å². The molecule has 2 nitrogen and oxygen atoms in total. The van der Waals surface area contributed by atoms with Gasteiger partial charge in [0.25, 0.3) is 0 Å². The molecule has 1 heterocycles.